The molecule has 0 saturated carbocycles. The van der Waals surface area contributed by atoms with Crippen molar-refractivity contribution in [2.75, 3.05) is 11.9 Å². The van der Waals surface area contributed by atoms with Gasteiger partial charge in [0.25, 0.3) is 5.91 Å². The molecule has 44 heavy (non-hydrogen) atoms. The molecule has 11 heteroatoms. The first-order valence-corrected chi connectivity index (χ1v) is 14.6. The highest BCUT2D eigenvalue weighted by molar-refractivity contribution is 6.03. The number of epoxide rings is 1. The Morgan fingerprint density at radius 2 is 1.59 bits per heavy atom. The first-order valence-electron chi connectivity index (χ1n) is 14.6. The predicted octanol–water partition coefficient (Wildman–Crippen LogP) is 2.93. The lowest BCUT2D eigenvalue weighted by Crippen LogP contribution is -2.68. The Morgan fingerprint density at radius 1 is 0.977 bits per heavy atom. The van der Waals surface area contributed by atoms with Crippen LogP contribution in [0.5, 0.6) is 0 Å². The second kappa shape index (κ2) is 10.7. The number of morpholine rings is 1. The molecule has 6 unspecified atom stereocenters. The summed E-state index contributed by atoms with van der Waals surface area (Å²) in [7, 11) is 0. The van der Waals surface area contributed by atoms with E-state index in [-0.39, 0.29) is 19.4 Å². The number of aliphatic hydroxyl groups is 3. The Balaban J connectivity index is 1.59. The van der Waals surface area contributed by atoms with Crippen molar-refractivity contribution in [2.45, 2.75) is 67.7 Å². The van der Waals surface area contributed by atoms with Crippen molar-refractivity contribution in [3.63, 3.8) is 0 Å². The van der Waals surface area contributed by atoms with Gasteiger partial charge < -0.3 is 35.2 Å². The summed E-state index contributed by atoms with van der Waals surface area (Å²) in [6, 6.07) is 23.2. The molecule has 0 aromatic heterocycles. The first-order chi connectivity index (χ1) is 21.0. The number of nitrogens with one attached hydrogen (secondary N) is 1. The number of nitrogens with zero attached hydrogens (tertiary/aromatic N) is 1. The number of carbonyl (C=O) groups excluding carboxylic acids is 1. The van der Waals surface area contributed by atoms with Crippen molar-refractivity contribution < 1.29 is 43.9 Å². The summed E-state index contributed by atoms with van der Waals surface area (Å²) in [4.78, 5) is 27.7. The summed E-state index contributed by atoms with van der Waals surface area (Å²) in [5.74, 6) is -3.31. The second-order valence-corrected chi connectivity index (χ2v) is 11.9. The van der Waals surface area contributed by atoms with Crippen LogP contribution in [0.3, 0.4) is 0 Å². The third kappa shape index (κ3) is 4.01. The van der Waals surface area contributed by atoms with E-state index in [2.05, 4.69) is 5.32 Å². The van der Waals surface area contributed by atoms with E-state index in [0.717, 1.165) is 0 Å². The van der Waals surface area contributed by atoms with Crippen LogP contribution >= 0.6 is 0 Å². The Morgan fingerprint density at radius 3 is 2.18 bits per heavy atom. The van der Waals surface area contributed by atoms with E-state index in [1.165, 1.54) is 24.3 Å². The largest absolute Gasteiger partial charge is 0.479 e. The summed E-state index contributed by atoms with van der Waals surface area (Å²) in [6.07, 6.45) is -4.63. The van der Waals surface area contributed by atoms with Crippen LogP contribution in [0.15, 0.2) is 84.9 Å². The number of hydrogen-bond donors (Lipinski definition) is 5. The number of carbonyl (C=O) groups is 2. The maximum Gasteiger partial charge on any atom is 0.335 e. The summed E-state index contributed by atoms with van der Waals surface area (Å²) < 4.78 is 27.9. The number of carboxylic acids is 1. The van der Waals surface area contributed by atoms with Gasteiger partial charge in [0.1, 0.15) is 5.82 Å². The molecule has 10 nitrogen and oxygen atoms in total. The molecule has 1 amide bonds. The minimum Gasteiger partial charge on any atom is -0.479 e. The van der Waals surface area contributed by atoms with E-state index in [1.807, 2.05) is 6.07 Å². The van der Waals surface area contributed by atoms with Gasteiger partial charge in [0, 0.05) is 24.2 Å². The monoisotopic (exact) mass is 606 g/mol. The van der Waals surface area contributed by atoms with Gasteiger partial charge in [-0.05, 0) is 42.2 Å². The summed E-state index contributed by atoms with van der Waals surface area (Å²) in [5, 5.41) is 45.8. The number of aliphatic hydroxyl groups excluding tert-OH is 2. The van der Waals surface area contributed by atoms with Crippen LogP contribution < -0.4 is 5.32 Å². The SMILES string of the molecule is CC(C)C1(O)N2CCC(C[C@@H](O)C(O)C(=O)O)OC2(c2ccc(F)cc2)C2(c3ccccc3)OC12C(=O)Nc1ccccc1. The zero-order valence-electron chi connectivity index (χ0n) is 24.3. The van der Waals surface area contributed by atoms with Gasteiger partial charge in [-0.1, -0.05) is 74.5 Å². The van der Waals surface area contributed by atoms with Crippen LogP contribution in [-0.4, -0.2) is 73.4 Å². The smallest absolute Gasteiger partial charge is 0.335 e. The molecule has 0 spiro atoms. The third-order valence-corrected chi connectivity index (χ3v) is 9.25. The van der Waals surface area contributed by atoms with Gasteiger partial charge in [0.15, 0.2) is 23.2 Å². The number of para-hydroxylation sites is 1. The van der Waals surface area contributed by atoms with Crippen LogP contribution in [0.2, 0.25) is 0 Å². The van der Waals surface area contributed by atoms with Gasteiger partial charge in [0.2, 0.25) is 5.60 Å². The van der Waals surface area contributed by atoms with Gasteiger partial charge in [-0.25, -0.2) is 14.1 Å². The fourth-order valence-corrected chi connectivity index (χ4v) is 7.31. The van der Waals surface area contributed by atoms with Crippen molar-refractivity contribution in [3.05, 3.63) is 102 Å². The number of ether oxygens (including phenoxy) is 2. The zero-order chi connectivity index (χ0) is 31.5. The number of amides is 1. The number of halogens is 1. The highest BCUT2D eigenvalue weighted by atomic mass is 19.1. The fraction of sp³-hybridized carbons (Fsp3) is 0.394. The highest BCUT2D eigenvalue weighted by Crippen LogP contribution is 2.79. The van der Waals surface area contributed by atoms with E-state index < -0.39 is 64.6 Å². The van der Waals surface area contributed by atoms with E-state index in [4.69, 9.17) is 9.47 Å². The minimum atomic E-state index is -2.05. The standard InChI is InChI=1S/C33H35FN2O8/c1-20(2)32(42)31(29(41)35-24-11-7-4-8-12-24)30(44-31,21-9-5-3-6-10-21)33(22-13-15-23(34)16-14-22)36(32)18-17-25(43-33)19-26(37)27(38)28(39)40/h3-16,20,25-27,37-38,42H,17-19H2,1-2H3,(H,35,41)(H,39,40)/t25?,26-,27?,30?,31?,32?,33?/m1/s1. The molecule has 3 saturated heterocycles. The van der Waals surface area contributed by atoms with Gasteiger partial charge in [-0.2, -0.15) is 0 Å². The lowest BCUT2D eigenvalue weighted by molar-refractivity contribution is -0.327. The van der Waals surface area contributed by atoms with Crippen LogP contribution in [0.1, 0.15) is 37.8 Å². The number of anilines is 1. The normalized spacial score (nSPS) is 32.4. The highest BCUT2D eigenvalue weighted by Gasteiger charge is 2.99. The Hall–Kier alpha value is -3.71. The summed E-state index contributed by atoms with van der Waals surface area (Å²) in [6.45, 7) is 3.68. The Kier molecular flexibility index (Phi) is 7.39. The van der Waals surface area contributed by atoms with E-state index >= 15 is 0 Å². The first kappa shape index (κ1) is 30.3. The minimum absolute atomic E-state index is 0.130. The molecule has 3 aromatic carbocycles. The Labute approximate surface area is 253 Å². The van der Waals surface area contributed by atoms with E-state index in [1.54, 1.807) is 73.3 Å². The molecule has 3 aromatic rings. The molecule has 7 atom stereocenters. The fourth-order valence-electron chi connectivity index (χ4n) is 7.31. The number of fused-ring (bicyclic) bond motifs is 3. The van der Waals surface area contributed by atoms with Crippen LogP contribution in [-0.2, 0) is 30.4 Å². The van der Waals surface area contributed by atoms with Crippen molar-refractivity contribution >= 4 is 17.6 Å². The van der Waals surface area contributed by atoms with Gasteiger partial charge >= 0.3 is 5.97 Å². The molecular weight excluding hydrogens is 571 g/mol. The molecule has 3 fully saturated rings. The van der Waals surface area contributed by atoms with Gasteiger partial charge in [-0.3, -0.25) is 4.79 Å². The number of aliphatic carboxylic acids is 1. The molecule has 232 valence electrons. The van der Waals surface area contributed by atoms with Gasteiger partial charge in [0.05, 0.1) is 12.2 Å². The average Bonchev–Trinajstić information content (AvgIpc) is 3.71. The van der Waals surface area contributed by atoms with Gasteiger partial charge in [-0.15, -0.1) is 0 Å². The third-order valence-electron chi connectivity index (χ3n) is 9.25. The molecule has 6 rings (SSSR count). The molecule has 3 aliphatic heterocycles. The molecular formula is C33H35FN2O8. The number of hydrogen-bond acceptors (Lipinski definition) is 8. The van der Waals surface area contributed by atoms with Crippen molar-refractivity contribution in [3.8, 4) is 0 Å². The van der Waals surface area contributed by atoms with E-state index in [9.17, 15) is 34.4 Å². The van der Waals surface area contributed by atoms with Crippen LogP contribution in [0.25, 0.3) is 0 Å². The predicted molar refractivity (Wildman–Crippen MR) is 155 cm³/mol. The molecule has 5 N–H and O–H groups in total. The summed E-state index contributed by atoms with van der Waals surface area (Å²) in [5.41, 5.74) is -5.97. The lowest BCUT2D eigenvalue weighted by Gasteiger charge is -2.54. The van der Waals surface area contributed by atoms with Crippen LogP contribution in [0.4, 0.5) is 10.1 Å². The van der Waals surface area contributed by atoms with E-state index in [0.29, 0.717) is 16.8 Å². The molecule has 3 heterocycles. The number of benzene rings is 3. The molecule has 0 radical (unpaired) electrons. The zero-order valence-corrected chi connectivity index (χ0v) is 24.3. The average molecular weight is 607 g/mol. The maximum absolute atomic E-state index is 14.6. The maximum atomic E-state index is 14.6. The van der Waals surface area contributed by atoms with Crippen molar-refractivity contribution in [1.82, 2.24) is 4.90 Å². The lowest BCUT2D eigenvalue weighted by atomic mass is 9.73. The molecule has 0 bridgehead atoms. The summed E-state index contributed by atoms with van der Waals surface area (Å²) >= 11 is 0. The van der Waals surface area contributed by atoms with Crippen molar-refractivity contribution in [1.29, 1.82) is 0 Å². The molecule has 0 aliphatic carbocycles. The quantitative estimate of drug-likeness (QED) is 0.232. The molecule has 3 aliphatic rings. The number of carboxylic acid groups (broad SMARTS) is 1. The Bertz CT molecular complexity index is 1540. The van der Waals surface area contributed by atoms with Crippen molar-refractivity contribution in [2.24, 2.45) is 5.92 Å². The number of rotatable bonds is 9. The second-order valence-electron chi connectivity index (χ2n) is 11.9. The van der Waals surface area contributed by atoms with Crippen LogP contribution in [0, 0.1) is 11.7 Å². The topological polar surface area (TPSA) is 152 Å².